The largest absolute Gasteiger partial charge is 0.468 e. The van der Waals surface area contributed by atoms with Crippen LogP contribution in [0.2, 0.25) is 0 Å². The zero-order chi connectivity index (χ0) is 28.0. The second-order valence-electron chi connectivity index (χ2n) is 10.1. The van der Waals surface area contributed by atoms with Crippen molar-refractivity contribution >= 4 is 34.5 Å². The number of hydrogen-bond acceptors (Lipinski definition) is 6. The van der Waals surface area contributed by atoms with Crippen LogP contribution in [0, 0.1) is 23.2 Å². The van der Waals surface area contributed by atoms with Crippen LogP contribution in [0.4, 0.5) is 0 Å². The summed E-state index contributed by atoms with van der Waals surface area (Å²) in [6, 6.07) is 10.6. The van der Waals surface area contributed by atoms with Gasteiger partial charge in [-0.25, -0.2) is 4.79 Å². The van der Waals surface area contributed by atoms with Crippen LogP contribution in [0.15, 0.2) is 78.7 Å². The van der Waals surface area contributed by atoms with Gasteiger partial charge in [-0.1, -0.05) is 59.7 Å². The van der Waals surface area contributed by atoms with Gasteiger partial charge < -0.3 is 14.8 Å². The maximum Gasteiger partial charge on any atom is 0.337 e. The first-order valence-electron chi connectivity index (χ1n) is 12.9. The lowest BCUT2D eigenvalue weighted by Gasteiger charge is -2.47. The van der Waals surface area contributed by atoms with E-state index in [1.165, 1.54) is 14.2 Å². The van der Waals surface area contributed by atoms with E-state index in [4.69, 9.17) is 21.1 Å². The Morgan fingerprint density at radius 3 is 2.54 bits per heavy atom. The topological polar surface area (TPSA) is 94.6 Å². The fourth-order valence-corrected chi connectivity index (χ4v) is 5.90. The van der Waals surface area contributed by atoms with Gasteiger partial charge in [0.1, 0.15) is 0 Å². The van der Waals surface area contributed by atoms with Crippen LogP contribution in [0.5, 0.6) is 0 Å². The molecule has 0 fully saturated rings. The molecular weight excluding hydrogens is 516 g/mol. The average Bonchev–Trinajstić information content (AvgIpc) is 2.95. The number of aromatic nitrogens is 1. The van der Waals surface area contributed by atoms with Gasteiger partial charge in [0.2, 0.25) is 5.91 Å². The Bertz CT molecular complexity index is 1300. The molecule has 0 bridgehead atoms. The molecule has 8 heteroatoms. The number of benzene rings is 1. The minimum absolute atomic E-state index is 0.00135. The number of allylic oxidation sites excluding steroid dienone is 4. The van der Waals surface area contributed by atoms with Crippen molar-refractivity contribution in [3.63, 3.8) is 0 Å². The number of fused-ring (bicyclic) bond motifs is 1. The normalized spacial score (nSPS) is 24.3. The number of rotatable bonds is 8. The molecule has 4 atom stereocenters. The van der Waals surface area contributed by atoms with E-state index >= 15 is 0 Å². The molecule has 0 saturated heterocycles. The van der Waals surface area contributed by atoms with E-state index in [-0.39, 0.29) is 29.6 Å². The van der Waals surface area contributed by atoms with Gasteiger partial charge in [-0.15, -0.1) is 0 Å². The fraction of sp³-hybridized carbons (Fsp3) is 0.355. The molecule has 2 aromatic rings. The standard InChI is InChI=1S/C31H33ClN2O5/c1-20-13-25-15-21(16-28(35)34-19-22-5-4-12-33-18-22)10-11-31(25,30(37)39-3)26(14-20)17-27(32)23-6-8-24(9-7-23)29(36)38-2/h4-12,14,17-18,21,25-26H,13,15-16,19H2,1-3H3,(H,34,35)/b27-17-/t21-,25+,26+,31+/m1/s1. The van der Waals surface area contributed by atoms with E-state index in [2.05, 4.69) is 23.3 Å². The lowest BCUT2D eigenvalue weighted by molar-refractivity contribution is -0.155. The summed E-state index contributed by atoms with van der Waals surface area (Å²) in [6.07, 6.45) is 13.0. The van der Waals surface area contributed by atoms with Crippen molar-refractivity contribution in [2.24, 2.45) is 23.2 Å². The highest BCUT2D eigenvalue weighted by Crippen LogP contribution is 2.53. The molecule has 1 aromatic carbocycles. The molecule has 1 amide bonds. The van der Waals surface area contributed by atoms with E-state index < -0.39 is 11.4 Å². The molecule has 0 unspecified atom stereocenters. The molecule has 4 rings (SSSR count). The van der Waals surface area contributed by atoms with Gasteiger partial charge in [-0.3, -0.25) is 14.6 Å². The Kier molecular flexibility index (Phi) is 9.02. The predicted molar refractivity (Wildman–Crippen MR) is 149 cm³/mol. The quantitative estimate of drug-likeness (QED) is 0.347. The molecule has 0 radical (unpaired) electrons. The smallest absolute Gasteiger partial charge is 0.337 e. The lowest BCUT2D eigenvalue weighted by Crippen LogP contribution is -2.48. The Morgan fingerprint density at radius 2 is 1.87 bits per heavy atom. The summed E-state index contributed by atoms with van der Waals surface area (Å²) in [6.45, 7) is 2.47. The van der Waals surface area contributed by atoms with Crippen LogP contribution in [0.1, 0.15) is 47.7 Å². The van der Waals surface area contributed by atoms with Gasteiger partial charge in [0, 0.05) is 36.3 Å². The zero-order valence-corrected chi connectivity index (χ0v) is 23.1. The monoisotopic (exact) mass is 548 g/mol. The molecule has 0 spiro atoms. The molecule has 1 aromatic heterocycles. The number of esters is 2. The minimum Gasteiger partial charge on any atom is -0.468 e. The predicted octanol–water partition coefficient (Wildman–Crippen LogP) is 5.47. The third-order valence-electron chi connectivity index (χ3n) is 7.60. The Hall–Kier alpha value is -3.71. The van der Waals surface area contributed by atoms with Gasteiger partial charge >= 0.3 is 11.9 Å². The lowest BCUT2D eigenvalue weighted by atomic mass is 9.56. The van der Waals surface area contributed by atoms with Crippen molar-refractivity contribution in [2.75, 3.05) is 14.2 Å². The highest BCUT2D eigenvalue weighted by molar-refractivity contribution is 6.48. The van der Waals surface area contributed by atoms with Gasteiger partial charge in [0.25, 0.3) is 0 Å². The maximum absolute atomic E-state index is 13.4. The van der Waals surface area contributed by atoms with Crippen molar-refractivity contribution in [3.8, 4) is 0 Å². The summed E-state index contributed by atoms with van der Waals surface area (Å²) < 4.78 is 10.1. The van der Waals surface area contributed by atoms with Crippen LogP contribution in [-0.4, -0.2) is 37.0 Å². The molecule has 2 aliphatic carbocycles. The van der Waals surface area contributed by atoms with Gasteiger partial charge in [0.05, 0.1) is 25.2 Å². The van der Waals surface area contributed by atoms with Crippen LogP contribution in [0.3, 0.4) is 0 Å². The van der Waals surface area contributed by atoms with Crippen LogP contribution in [0.25, 0.3) is 5.03 Å². The van der Waals surface area contributed by atoms with E-state index in [9.17, 15) is 14.4 Å². The van der Waals surface area contributed by atoms with Gasteiger partial charge in [0.15, 0.2) is 0 Å². The first-order chi connectivity index (χ1) is 18.8. The zero-order valence-electron chi connectivity index (χ0n) is 22.4. The molecule has 2 aliphatic rings. The Balaban J connectivity index is 1.56. The number of hydrogen-bond donors (Lipinski definition) is 1. The first kappa shape index (κ1) is 28.3. The van der Waals surface area contributed by atoms with E-state index in [0.717, 1.165) is 23.1 Å². The molecule has 1 N–H and O–H groups in total. The number of amides is 1. The summed E-state index contributed by atoms with van der Waals surface area (Å²) >= 11 is 6.76. The Labute approximate surface area is 233 Å². The number of nitrogens with zero attached hydrogens (tertiary/aromatic N) is 1. The van der Waals surface area contributed by atoms with Crippen LogP contribution in [-0.2, 0) is 25.6 Å². The summed E-state index contributed by atoms with van der Waals surface area (Å²) in [5, 5.41) is 3.43. The highest BCUT2D eigenvalue weighted by atomic mass is 35.5. The van der Waals surface area contributed by atoms with E-state index in [0.29, 0.717) is 30.0 Å². The molecule has 0 aliphatic heterocycles. The number of carbonyl (C=O) groups excluding carboxylic acids is 3. The minimum atomic E-state index is -0.928. The van der Waals surface area contributed by atoms with Crippen molar-refractivity contribution in [1.82, 2.24) is 10.3 Å². The third-order valence-corrected chi connectivity index (χ3v) is 7.94. The van der Waals surface area contributed by atoms with Crippen LogP contribution >= 0.6 is 11.6 Å². The molecule has 1 heterocycles. The Morgan fingerprint density at radius 1 is 1.13 bits per heavy atom. The number of nitrogens with one attached hydrogen (secondary N) is 1. The first-order valence-corrected chi connectivity index (χ1v) is 13.3. The second-order valence-corrected chi connectivity index (χ2v) is 10.6. The van der Waals surface area contributed by atoms with Crippen molar-refractivity contribution in [2.45, 2.75) is 32.7 Å². The van der Waals surface area contributed by atoms with Crippen molar-refractivity contribution < 1.29 is 23.9 Å². The number of ether oxygens (including phenoxy) is 2. The van der Waals surface area contributed by atoms with E-state index in [1.807, 2.05) is 30.4 Å². The summed E-state index contributed by atoms with van der Waals surface area (Å²) in [5.41, 5.74) is 2.32. The molecule has 7 nitrogen and oxygen atoms in total. The van der Waals surface area contributed by atoms with Crippen LogP contribution < -0.4 is 5.32 Å². The number of pyridine rings is 1. The van der Waals surface area contributed by atoms with Gasteiger partial charge in [-0.05, 0) is 60.9 Å². The molecule has 0 saturated carbocycles. The third kappa shape index (κ3) is 6.31. The van der Waals surface area contributed by atoms with Crippen molar-refractivity contribution in [3.05, 3.63) is 95.4 Å². The number of carbonyl (C=O) groups is 3. The molecular formula is C31H33ClN2O5. The van der Waals surface area contributed by atoms with Gasteiger partial charge in [-0.2, -0.15) is 0 Å². The number of methoxy groups -OCH3 is 2. The highest BCUT2D eigenvalue weighted by Gasteiger charge is 2.53. The molecule has 204 valence electrons. The fourth-order valence-electron chi connectivity index (χ4n) is 5.64. The van der Waals surface area contributed by atoms with E-state index in [1.54, 1.807) is 36.7 Å². The summed E-state index contributed by atoms with van der Waals surface area (Å²) in [5.74, 6) is -1.18. The summed E-state index contributed by atoms with van der Waals surface area (Å²) in [4.78, 5) is 42.0. The molecule has 39 heavy (non-hydrogen) atoms. The second kappa shape index (κ2) is 12.4. The summed E-state index contributed by atoms with van der Waals surface area (Å²) in [7, 11) is 2.74. The average molecular weight is 549 g/mol. The number of halogens is 1. The maximum atomic E-state index is 13.4. The van der Waals surface area contributed by atoms with Crippen molar-refractivity contribution in [1.29, 1.82) is 0 Å². The SMILES string of the molecule is COC(=O)c1ccc(/C(Cl)=C/[C@@H]2C=C(C)C[C@H]3C[C@H](CC(=O)NCc4cccnc4)C=C[C@]32C(=O)OC)cc1.